The fraction of sp³-hybridized carbons (Fsp3) is 0.118. The summed E-state index contributed by atoms with van der Waals surface area (Å²) in [6.45, 7) is 3.70. The Morgan fingerprint density at radius 2 is 1.80 bits per heavy atom. The molecule has 2 rings (SSSR count). The molecule has 0 radical (unpaired) electrons. The zero-order valence-electron chi connectivity index (χ0n) is 11.0. The van der Waals surface area contributed by atoms with Gasteiger partial charge in [0.15, 0.2) is 0 Å². The highest BCUT2D eigenvalue weighted by atomic mass is 16.5. The summed E-state index contributed by atoms with van der Waals surface area (Å²) in [7, 11) is 0. The van der Waals surface area contributed by atoms with Crippen LogP contribution in [0.3, 0.4) is 0 Å². The number of hydrogen-bond acceptors (Lipinski definition) is 2. The molecule has 3 nitrogen and oxygen atoms in total. The molecule has 0 saturated carbocycles. The lowest BCUT2D eigenvalue weighted by Gasteiger charge is -2.17. The van der Waals surface area contributed by atoms with Gasteiger partial charge in [0.1, 0.15) is 5.75 Å². The molecule has 0 aliphatic rings. The van der Waals surface area contributed by atoms with E-state index in [2.05, 4.69) is 6.58 Å². The predicted molar refractivity (Wildman–Crippen MR) is 77.8 cm³/mol. The van der Waals surface area contributed by atoms with Crippen LogP contribution in [0.4, 0.5) is 0 Å². The van der Waals surface area contributed by atoms with Gasteiger partial charge in [-0.3, -0.25) is 0 Å². The number of rotatable bonds is 6. The lowest BCUT2D eigenvalue weighted by molar-refractivity contribution is -0.145. The summed E-state index contributed by atoms with van der Waals surface area (Å²) < 4.78 is 5.70. The van der Waals surface area contributed by atoms with E-state index >= 15 is 0 Å². The van der Waals surface area contributed by atoms with Crippen molar-refractivity contribution in [1.82, 2.24) is 0 Å². The molecule has 0 aromatic heterocycles. The highest BCUT2D eigenvalue weighted by Crippen LogP contribution is 2.26. The third-order valence-corrected chi connectivity index (χ3v) is 2.91. The van der Waals surface area contributed by atoms with Crippen molar-refractivity contribution in [2.24, 2.45) is 0 Å². The first-order valence-electron chi connectivity index (χ1n) is 6.35. The minimum atomic E-state index is -1.01. The average Bonchev–Trinajstić information content (AvgIpc) is 2.47. The van der Waals surface area contributed by atoms with Gasteiger partial charge in [-0.1, -0.05) is 54.6 Å². The number of hydrogen-bond donors (Lipinski definition) is 1. The summed E-state index contributed by atoms with van der Waals surface area (Å²) >= 11 is 0. The second-order valence-corrected chi connectivity index (χ2v) is 4.35. The second-order valence-electron chi connectivity index (χ2n) is 4.35. The van der Waals surface area contributed by atoms with Crippen molar-refractivity contribution in [2.75, 3.05) is 0 Å². The molecule has 0 aliphatic carbocycles. The number of para-hydroxylation sites is 1. The lowest BCUT2D eigenvalue weighted by Crippen LogP contribution is -2.18. The van der Waals surface area contributed by atoms with Crippen molar-refractivity contribution in [3.05, 3.63) is 78.4 Å². The lowest BCUT2D eigenvalue weighted by atomic mass is 10.1. The minimum absolute atomic E-state index is 0.573. The molecule has 0 fully saturated rings. The van der Waals surface area contributed by atoms with Crippen LogP contribution in [0.15, 0.2) is 67.3 Å². The van der Waals surface area contributed by atoms with Gasteiger partial charge in [0.05, 0.1) is 0 Å². The number of aliphatic carboxylic acids is 1. The van der Waals surface area contributed by atoms with Gasteiger partial charge < -0.3 is 9.84 Å². The van der Waals surface area contributed by atoms with Gasteiger partial charge in [0.2, 0.25) is 6.10 Å². The summed E-state index contributed by atoms with van der Waals surface area (Å²) in [5, 5.41) is 9.36. The molecule has 0 spiro atoms. The molecule has 102 valence electrons. The van der Waals surface area contributed by atoms with Crippen LogP contribution in [0.25, 0.3) is 0 Å². The van der Waals surface area contributed by atoms with Crippen LogP contribution >= 0.6 is 0 Å². The Balaban J connectivity index is 2.30. The molecule has 0 heterocycles. The van der Waals surface area contributed by atoms with E-state index in [1.54, 1.807) is 36.4 Å². The van der Waals surface area contributed by atoms with E-state index in [9.17, 15) is 9.90 Å². The minimum Gasteiger partial charge on any atom is -0.478 e. The van der Waals surface area contributed by atoms with Gasteiger partial charge in [-0.05, 0) is 18.1 Å². The molecule has 0 aliphatic heterocycles. The number of ether oxygens (including phenoxy) is 1. The Morgan fingerprint density at radius 3 is 2.45 bits per heavy atom. The average molecular weight is 268 g/mol. The Bertz CT molecular complexity index is 590. The van der Waals surface area contributed by atoms with Crippen molar-refractivity contribution in [1.29, 1.82) is 0 Å². The van der Waals surface area contributed by atoms with E-state index in [1.165, 1.54) is 0 Å². The molecular weight excluding hydrogens is 252 g/mol. The van der Waals surface area contributed by atoms with Crippen LogP contribution in [0, 0.1) is 0 Å². The second kappa shape index (κ2) is 6.57. The topological polar surface area (TPSA) is 46.5 Å². The van der Waals surface area contributed by atoms with Crippen molar-refractivity contribution in [3.8, 4) is 5.75 Å². The first-order chi connectivity index (χ1) is 9.72. The number of carboxylic acids is 1. The first kappa shape index (κ1) is 13.9. The molecule has 0 saturated heterocycles. The summed E-state index contributed by atoms with van der Waals surface area (Å²) in [6, 6.07) is 16.3. The standard InChI is InChI=1S/C17H16O3/c1-2-8-13-9-6-7-12-15(13)20-16(17(18)19)14-10-4-3-5-11-14/h2-7,9-12,16H,1,8H2,(H,18,19). The fourth-order valence-corrected chi connectivity index (χ4v) is 1.96. The SMILES string of the molecule is C=CCc1ccccc1OC(C(=O)O)c1ccccc1. The molecule has 20 heavy (non-hydrogen) atoms. The summed E-state index contributed by atoms with van der Waals surface area (Å²) in [4.78, 5) is 11.4. The number of carbonyl (C=O) groups is 1. The van der Waals surface area contributed by atoms with Crippen LogP contribution in [-0.4, -0.2) is 11.1 Å². The Labute approximate surface area is 118 Å². The molecule has 1 atom stereocenters. The smallest absolute Gasteiger partial charge is 0.349 e. The Morgan fingerprint density at radius 1 is 1.15 bits per heavy atom. The van der Waals surface area contributed by atoms with Crippen LogP contribution in [0.1, 0.15) is 17.2 Å². The van der Waals surface area contributed by atoms with Crippen LogP contribution < -0.4 is 4.74 Å². The highest BCUT2D eigenvalue weighted by Gasteiger charge is 2.22. The normalized spacial score (nSPS) is 11.6. The number of carboxylic acid groups (broad SMARTS) is 1. The summed E-state index contributed by atoms with van der Waals surface area (Å²) in [5.74, 6) is -0.437. The Hall–Kier alpha value is -2.55. The summed E-state index contributed by atoms with van der Waals surface area (Å²) in [5.41, 5.74) is 1.54. The Kier molecular flexibility index (Phi) is 4.56. The zero-order valence-corrected chi connectivity index (χ0v) is 11.0. The molecule has 0 amide bonds. The third-order valence-electron chi connectivity index (χ3n) is 2.91. The van der Waals surface area contributed by atoms with Gasteiger partial charge in [-0.15, -0.1) is 6.58 Å². The molecule has 2 aromatic carbocycles. The molecule has 1 N–H and O–H groups in total. The van der Waals surface area contributed by atoms with Crippen molar-refractivity contribution in [3.63, 3.8) is 0 Å². The highest BCUT2D eigenvalue weighted by molar-refractivity contribution is 5.74. The van der Waals surface area contributed by atoms with E-state index in [0.29, 0.717) is 17.7 Å². The third kappa shape index (κ3) is 3.26. The zero-order chi connectivity index (χ0) is 14.4. The molecule has 2 aromatic rings. The van der Waals surface area contributed by atoms with Crippen molar-refractivity contribution < 1.29 is 14.6 Å². The van der Waals surface area contributed by atoms with Gasteiger partial charge in [-0.25, -0.2) is 4.79 Å². The van der Waals surface area contributed by atoms with Gasteiger partial charge in [0, 0.05) is 5.56 Å². The number of allylic oxidation sites excluding steroid dienone is 1. The van der Waals surface area contributed by atoms with Crippen molar-refractivity contribution >= 4 is 5.97 Å². The van der Waals surface area contributed by atoms with Crippen LogP contribution in [-0.2, 0) is 11.2 Å². The van der Waals surface area contributed by atoms with E-state index < -0.39 is 12.1 Å². The van der Waals surface area contributed by atoms with Gasteiger partial charge in [-0.2, -0.15) is 0 Å². The van der Waals surface area contributed by atoms with Gasteiger partial charge >= 0.3 is 5.97 Å². The monoisotopic (exact) mass is 268 g/mol. The number of benzene rings is 2. The van der Waals surface area contributed by atoms with Crippen molar-refractivity contribution in [2.45, 2.75) is 12.5 Å². The summed E-state index contributed by atoms with van der Waals surface area (Å²) in [6.07, 6.45) is 1.39. The van der Waals surface area contributed by atoms with Gasteiger partial charge in [0.25, 0.3) is 0 Å². The largest absolute Gasteiger partial charge is 0.478 e. The van der Waals surface area contributed by atoms with E-state index in [1.807, 2.05) is 24.3 Å². The molecule has 3 heteroatoms. The molecular formula is C17H16O3. The van der Waals surface area contributed by atoms with Crippen LogP contribution in [0.5, 0.6) is 5.75 Å². The maximum Gasteiger partial charge on any atom is 0.349 e. The fourth-order valence-electron chi connectivity index (χ4n) is 1.96. The van der Waals surface area contributed by atoms with Crippen LogP contribution in [0.2, 0.25) is 0 Å². The quantitative estimate of drug-likeness (QED) is 0.814. The molecule has 0 bridgehead atoms. The molecule has 1 unspecified atom stereocenters. The van der Waals surface area contributed by atoms with E-state index in [0.717, 1.165) is 5.56 Å². The predicted octanol–water partition coefficient (Wildman–Crippen LogP) is 3.62. The van der Waals surface area contributed by atoms with E-state index in [-0.39, 0.29) is 0 Å². The maximum absolute atomic E-state index is 11.4. The van der Waals surface area contributed by atoms with E-state index in [4.69, 9.17) is 4.74 Å². The maximum atomic E-state index is 11.4. The first-order valence-corrected chi connectivity index (χ1v) is 6.35.